The van der Waals surface area contributed by atoms with Crippen LogP contribution in [-0.2, 0) is 9.53 Å². The molecule has 2 heterocycles. The Morgan fingerprint density at radius 2 is 1.89 bits per heavy atom. The third kappa shape index (κ3) is 4.18. The second kappa shape index (κ2) is 7.25. The van der Waals surface area contributed by atoms with Crippen LogP contribution in [0.4, 0.5) is 0 Å². The Morgan fingerprint density at radius 3 is 2.58 bits per heavy atom. The SMILES string of the molecule is COCCN1CCC(N2CCC(C)CC2)CCC1=O. The van der Waals surface area contributed by atoms with E-state index in [4.69, 9.17) is 4.74 Å². The van der Waals surface area contributed by atoms with Crippen molar-refractivity contribution in [1.29, 1.82) is 0 Å². The Labute approximate surface area is 117 Å². The summed E-state index contributed by atoms with van der Waals surface area (Å²) in [6.45, 7) is 7.09. The molecule has 1 unspecified atom stereocenters. The van der Waals surface area contributed by atoms with Gasteiger partial charge in [-0.3, -0.25) is 4.79 Å². The van der Waals surface area contributed by atoms with Crippen LogP contribution in [0.2, 0.25) is 0 Å². The van der Waals surface area contributed by atoms with E-state index in [0.717, 1.165) is 31.8 Å². The Morgan fingerprint density at radius 1 is 1.16 bits per heavy atom. The second-order valence-electron chi connectivity index (χ2n) is 6.07. The van der Waals surface area contributed by atoms with Crippen molar-refractivity contribution in [2.24, 2.45) is 5.92 Å². The number of nitrogens with zero attached hydrogens (tertiary/aromatic N) is 2. The lowest BCUT2D eigenvalue weighted by Gasteiger charge is -2.36. The maximum Gasteiger partial charge on any atom is 0.222 e. The molecular formula is C15H28N2O2. The standard InChI is InChI=1S/C15H28N2O2/c1-13-5-8-16(9-6-13)14-3-4-15(18)17(10-7-14)11-12-19-2/h13-14H,3-12H2,1-2H3. The van der Waals surface area contributed by atoms with Crippen molar-refractivity contribution in [3.63, 3.8) is 0 Å². The van der Waals surface area contributed by atoms with Crippen molar-refractivity contribution < 1.29 is 9.53 Å². The Hall–Kier alpha value is -0.610. The van der Waals surface area contributed by atoms with Crippen molar-refractivity contribution in [2.45, 2.75) is 45.1 Å². The number of hydrogen-bond donors (Lipinski definition) is 0. The highest BCUT2D eigenvalue weighted by Crippen LogP contribution is 2.23. The maximum absolute atomic E-state index is 12.1. The molecule has 2 saturated heterocycles. The number of likely N-dealkylation sites (tertiary alicyclic amines) is 2. The van der Waals surface area contributed by atoms with Gasteiger partial charge in [0.2, 0.25) is 5.91 Å². The minimum absolute atomic E-state index is 0.310. The molecule has 0 spiro atoms. The minimum atomic E-state index is 0.310. The first kappa shape index (κ1) is 14.8. The molecule has 0 radical (unpaired) electrons. The van der Waals surface area contributed by atoms with E-state index in [-0.39, 0.29) is 0 Å². The predicted molar refractivity (Wildman–Crippen MR) is 76.1 cm³/mol. The summed E-state index contributed by atoms with van der Waals surface area (Å²) >= 11 is 0. The largest absolute Gasteiger partial charge is 0.383 e. The van der Waals surface area contributed by atoms with Gasteiger partial charge in [0.1, 0.15) is 0 Å². The van der Waals surface area contributed by atoms with E-state index in [2.05, 4.69) is 11.8 Å². The van der Waals surface area contributed by atoms with Crippen LogP contribution in [0.3, 0.4) is 0 Å². The second-order valence-corrected chi connectivity index (χ2v) is 6.07. The summed E-state index contributed by atoms with van der Waals surface area (Å²) in [6, 6.07) is 0.615. The van der Waals surface area contributed by atoms with Gasteiger partial charge in [-0.2, -0.15) is 0 Å². The number of carbonyl (C=O) groups excluding carboxylic acids is 1. The zero-order chi connectivity index (χ0) is 13.7. The summed E-state index contributed by atoms with van der Waals surface area (Å²) in [5, 5.41) is 0. The summed E-state index contributed by atoms with van der Waals surface area (Å²) in [6.07, 6.45) is 5.51. The molecule has 0 aliphatic carbocycles. The molecule has 0 saturated carbocycles. The van der Waals surface area contributed by atoms with Crippen molar-refractivity contribution in [3.05, 3.63) is 0 Å². The topological polar surface area (TPSA) is 32.8 Å². The zero-order valence-electron chi connectivity index (χ0n) is 12.4. The number of amides is 1. The maximum atomic E-state index is 12.1. The van der Waals surface area contributed by atoms with Gasteiger partial charge in [-0.1, -0.05) is 6.92 Å². The first-order chi connectivity index (χ1) is 9.20. The third-order valence-electron chi connectivity index (χ3n) is 4.68. The van der Waals surface area contributed by atoms with Gasteiger partial charge < -0.3 is 14.5 Å². The Bertz CT molecular complexity index is 288. The van der Waals surface area contributed by atoms with Crippen LogP contribution in [-0.4, -0.2) is 61.6 Å². The van der Waals surface area contributed by atoms with Crippen LogP contribution in [0.1, 0.15) is 39.0 Å². The van der Waals surface area contributed by atoms with Crippen LogP contribution >= 0.6 is 0 Å². The van der Waals surface area contributed by atoms with E-state index in [0.29, 0.717) is 25.0 Å². The molecule has 0 N–H and O–H groups in total. The van der Waals surface area contributed by atoms with Gasteiger partial charge >= 0.3 is 0 Å². The van der Waals surface area contributed by atoms with Crippen LogP contribution < -0.4 is 0 Å². The molecule has 4 nitrogen and oxygen atoms in total. The number of rotatable bonds is 4. The number of methoxy groups -OCH3 is 1. The minimum Gasteiger partial charge on any atom is -0.383 e. The lowest BCUT2D eigenvalue weighted by Crippen LogP contribution is -2.41. The molecule has 0 aromatic heterocycles. The van der Waals surface area contributed by atoms with Gasteiger partial charge in [0.15, 0.2) is 0 Å². The summed E-state index contributed by atoms with van der Waals surface area (Å²) in [5.74, 6) is 1.19. The lowest BCUT2D eigenvalue weighted by molar-refractivity contribution is -0.131. The highest BCUT2D eigenvalue weighted by molar-refractivity contribution is 5.76. The summed E-state index contributed by atoms with van der Waals surface area (Å²) in [4.78, 5) is 16.7. The number of ether oxygens (including phenoxy) is 1. The van der Waals surface area contributed by atoms with Gasteiger partial charge in [0.25, 0.3) is 0 Å². The van der Waals surface area contributed by atoms with E-state index in [1.54, 1.807) is 7.11 Å². The van der Waals surface area contributed by atoms with Crippen molar-refractivity contribution >= 4 is 5.91 Å². The molecule has 0 aromatic rings. The highest BCUT2D eigenvalue weighted by Gasteiger charge is 2.28. The van der Waals surface area contributed by atoms with Gasteiger partial charge in [-0.05, 0) is 44.7 Å². The van der Waals surface area contributed by atoms with Crippen molar-refractivity contribution in [3.8, 4) is 0 Å². The van der Waals surface area contributed by atoms with E-state index < -0.39 is 0 Å². The molecule has 2 aliphatic rings. The van der Waals surface area contributed by atoms with Crippen LogP contribution in [0.5, 0.6) is 0 Å². The van der Waals surface area contributed by atoms with Crippen molar-refractivity contribution in [2.75, 3.05) is 39.9 Å². The van der Waals surface area contributed by atoms with E-state index >= 15 is 0 Å². The molecule has 1 amide bonds. The van der Waals surface area contributed by atoms with Gasteiger partial charge in [0, 0.05) is 32.7 Å². The average Bonchev–Trinajstić information content (AvgIpc) is 2.60. The highest BCUT2D eigenvalue weighted by atomic mass is 16.5. The van der Waals surface area contributed by atoms with Crippen LogP contribution in [0, 0.1) is 5.92 Å². The Kier molecular flexibility index (Phi) is 5.64. The predicted octanol–water partition coefficient (Wildman–Crippen LogP) is 1.75. The molecule has 0 aromatic carbocycles. The molecule has 2 rings (SSSR count). The summed E-state index contributed by atoms with van der Waals surface area (Å²) in [5.41, 5.74) is 0. The monoisotopic (exact) mass is 268 g/mol. The lowest BCUT2D eigenvalue weighted by atomic mass is 9.96. The molecule has 2 fully saturated rings. The molecule has 2 aliphatic heterocycles. The molecule has 19 heavy (non-hydrogen) atoms. The third-order valence-corrected chi connectivity index (χ3v) is 4.68. The van der Waals surface area contributed by atoms with Gasteiger partial charge in [0.05, 0.1) is 6.61 Å². The fraction of sp³-hybridized carbons (Fsp3) is 0.933. The normalized spacial score (nSPS) is 27.6. The number of carbonyl (C=O) groups is 1. The Balaban J connectivity index is 1.83. The molecule has 110 valence electrons. The molecule has 0 bridgehead atoms. The van der Waals surface area contributed by atoms with Crippen LogP contribution in [0.25, 0.3) is 0 Å². The fourth-order valence-corrected chi connectivity index (χ4v) is 3.22. The van der Waals surface area contributed by atoms with Gasteiger partial charge in [-0.15, -0.1) is 0 Å². The van der Waals surface area contributed by atoms with Crippen molar-refractivity contribution in [1.82, 2.24) is 9.80 Å². The molecule has 4 heteroatoms. The number of piperidine rings is 1. The number of hydrogen-bond acceptors (Lipinski definition) is 3. The van der Waals surface area contributed by atoms with Crippen LogP contribution in [0.15, 0.2) is 0 Å². The van der Waals surface area contributed by atoms with E-state index in [1.807, 2.05) is 4.90 Å². The van der Waals surface area contributed by atoms with E-state index in [1.165, 1.54) is 25.9 Å². The molecule has 1 atom stereocenters. The fourth-order valence-electron chi connectivity index (χ4n) is 3.22. The van der Waals surface area contributed by atoms with Gasteiger partial charge in [-0.25, -0.2) is 0 Å². The zero-order valence-corrected chi connectivity index (χ0v) is 12.4. The average molecular weight is 268 g/mol. The first-order valence-electron chi connectivity index (χ1n) is 7.71. The smallest absolute Gasteiger partial charge is 0.222 e. The molecular weight excluding hydrogens is 240 g/mol. The first-order valence-corrected chi connectivity index (χ1v) is 7.71. The van der Waals surface area contributed by atoms with E-state index in [9.17, 15) is 4.79 Å². The summed E-state index contributed by atoms with van der Waals surface area (Å²) < 4.78 is 5.08. The quantitative estimate of drug-likeness (QED) is 0.778. The summed E-state index contributed by atoms with van der Waals surface area (Å²) in [7, 11) is 1.69.